The Morgan fingerprint density at radius 1 is 1.14 bits per heavy atom. The monoisotopic (exact) mass is 402 g/mol. The quantitative estimate of drug-likeness (QED) is 0.773. The first-order valence-electron chi connectivity index (χ1n) is 9.55. The van der Waals surface area contributed by atoms with Gasteiger partial charge in [0.15, 0.2) is 0 Å². The molecule has 1 heterocycles. The molecule has 1 aliphatic heterocycles. The van der Waals surface area contributed by atoms with Crippen LogP contribution in [0, 0.1) is 5.92 Å². The molecule has 6 nitrogen and oxygen atoms in total. The molecule has 0 aliphatic carbocycles. The Kier molecular flexibility index (Phi) is 6.70. The summed E-state index contributed by atoms with van der Waals surface area (Å²) in [6.07, 6.45) is 1.36. The minimum atomic E-state index is -3.63. The molecule has 1 fully saturated rings. The molecule has 2 aromatic rings. The molecule has 1 saturated heterocycles. The lowest BCUT2D eigenvalue weighted by Gasteiger charge is -2.31. The number of ether oxygens (including phenoxy) is 1. The number of hydrogen-bond acceptors (Lipinski definition) is 4. The molecule has 7 heteroatoms. The standard InChI is InChI=1S/C21H26N2O4S/c1-2-27-19-10-12-20(13-11-19)28(25,26)23-14-6-9-18(16-23)21(24)22-15-17-7-4-3-5-8-17/h3-5,7-8,10-13,18H,2,6,9,14-16H2,1H3,(H,22,24)/t18-/m1/s1. The average molecular weight is 403 g/mol. The van der Waals surface area contributed by atoms with Crippen LogP contribution in [0.2, 0.25) is 0 Å². The lowest BCUT2D eigenvalue weighted by atomic mass is 9.99. The van der Waals surface area contributed by atoms with Crippen molar-refractivity contribution in [2.24, 2.45) is 5.92 Å². The lowest BCUT2D eigenvalue weighted by molar-refractivity contribution is -0.126. The van der Waals surface area contributed by atoms with E-state index in [0.717, 1.165) is 5.56 Å². The minimum Gasteiger partial charge on any atom is -0.494 e. The van der Waals surface area contributed by atoms with Gasteiger partial charge in [-0.3, -0.25) is 4.79 Å². The summed E-state index contributed by atoms with van der Waals surface area (Å²) in [4.78, 5) is 12.8. The number of piperidine rings is 1. The minimum absolute atomic E-state index is 0.101. The third-order valence-electron chi connectivity index (χ3n) is 4.84. The van der Waals surface area contributed by atoms with Crippen LogP contribution in [0.5, 0.6) is 5.75 Å². The van der Waals surface area contributed by atoms with Gasteiger partial charge in [-0.25, -0.2) is 8.42 Å². The van der Waals surface area contributed by atoms with Gasteiger partial charge in [0.05, 0.1) is 17.4 Å². The van der Waals surface area contributed by atoms with Crippen molar-refractivity contribution in [1.29, 1.82) is 0 Å². The second kappa shape index (κ2) is 9.21. The zero-order valence-electron chi connectivity index (χ0n) is 16.0. The van der Waals surface area contributed by atoms with Crippen molar-refractivity contribution < 1.29 is 17.9 Å². The smallest absolute Gasteiger partial charge is 0.243 e. The first-order chi connectivity index (χ1) is 13.5. The Morgan fingerprint density at radius 2 is 1.86 bits per heavy atom. The van der Waals surface area contributed by atoms with Gasteiger partial charge in [0.2, 0.25) is 15.9 Å². The fraction of sp³-hybridized carbons (Fsp3) is 0.381. The highest BCUT2D eigenvalue weighted by molar-refractivity contribution is 7.89. The van der Waals surface area contributed by atoms with Crippen LogP contribution in [0.3, 0.4) is 0 Å². The van der Waals surface area contributed by atoms with E-state index in [1.807, 2.05) is 37.3 Å². The van der Waals surface area contributed by atoms with E-state index < -0.39 is 10.0 Å². The maximum absolute atomic E-state index is 13.0. The van der Waals surface area contributed by atoms with Gasteiger partial charge in [-0.2, -0.15) is 4.31 Å². The first kappa shape index (κ1) is 20.4. The number of carbonyl (C=O) groups excluding carboxylic acids is 1. The summed E-state index contributed by atoms with van der Waals surface area (Å²) in [5.41, 5.74) is 1.02. The topological polar surface area (TPSA) is 75.7 Å². The number of nitrogens with zero attached hydrogens (tertiary/aromatic N) is 1. The molecule has 0 radical (unpaired) electrons. The van der Waals surface area contributed by atoms with E-state index in [1.54, 1.807) is 24.3 Å². The van der Waals surface area contributed by atoms with Gasteiger partial charge in [-0.05, 0) is 49.6 Å². The van der Waals surface area contributed by atoms with Crippen molar-refractivity contribution >= 4 is 15.9 Å². The summed E-state index contributed by atoms with van der Waals surface area (Å²) in [5.74, 6) is 0.198. The fourth-order valence-electron chi connectivity index (χ4n) is 3.33. The van der Waals surface area contributed by atoms with E-state index in [-0.39, 0.29) is 23.3 Å². The molecular weight excluding hydrogens is 376 g/mol. The van der Waals surface area contributed by atoms with Gasteiger partial charge in [0.25, 0.3) is 0 Å². The number of amides is 1. The zero-order valence-corrected chi connectivity index (χ0v) is 16.8. The largest absolute Gasteiger partial charge is 0.494 e. The normalized spacial score (nSPS) is 17.8. The Balaban J connectivity index is 1.63. The fourth-order valence-corrected chi connectivity index (χ4v) is 4.85. The Bertz CT molecular complexity index is 882. The Morgan fingerprint density at radius 3 is 2.54 bits per heavy atom. The van der Waals surface area contributed by atoms with Crippen LogP contribution < -0.4 is 10.1 Å². The van der Waals surface area contributed by atoms with Gasteiger partial charge in [-0.1, -0.05) is 30.3 Å². The predicted octanol–water partition coefficient (Wildman–Crippen LogP) is 2.80. The molecule has 0 bridgehead atoms. The third kappa shape index (κ3) is 4.91. The molecule has 0 aromatic heterocycles. The highest BCUT2D eigenvalue weighted by atomic mass is 32.2. The van der Waals surface area contributed by atoms with E-state index in [9.17, 15) is 13.2 Å². The predicted molar refractivity (Wildman–Crippen MR) is 107 cm³/mol. The van der Waals surface area contributed by atoms with E-state index in [1.165, 1.54) is 4.31 Å². The maximum atomic E-state index is 13.0. The summed E-state index contributed by atoms with van der Waals surface area (Å²) in [6, 6.07) is 16.1. The summed E-state index contributed by atoms with van der Waals surface area (Å²) >= 11 is 0. The Hall–Kier alpha value is -2.38. The highest BCUT2D eigenvalue weighted by Crippen LogP contribution is 2.25. The maximum Gasteiger partial charge on any atom is 0.243 e. The highest BCUT2D eigenvalue weighted by Gasteiger charge is 2.33. The summed E-state index contributed by atoms with van der Waals surface area (Å²) in [7, 11) is -3.63. The van der Waals surface area contributed by atoms with Gasteiger partial charge >= 0.3 is 0 Å². The summed E-state index contributed by atoms with van der Waals surface area (Å²) < 4.78 is 32.7. The number of benzene rings is 2. The van der Waals surface area contributed by atoms with Crippen molar-refractivity contribution in [3.8, 4) is 5.75 Å². The van der Waals surface area contributed by atoms with Crippen LogP contribution in [0.25, 0.3) is 0 Å². The third-order valence-corrected chi connectivity index (χ3v) is 6.72. The van der Waals surface area contributed by atoms with E-state index in [0.29, 0.717) is 38.3 Å². The van der Waals surface area contributed by atoms with Crippen molar-refractivity contribution in [1.82, 2.24) is 9.62 Å². The van der Waals surface area contributed by atoms with Crippen LogP contribution >= 0.6 is 0 Å². The molecule has 150 valence electrons. The van der Waals surface area contributed by atoms with Gasteiger partial charge in [-0.15, -0.1) is 0 Å². The van der Waals surface area contributed by atoms with E-state index in [2.05, 4.69) is 5.32 Å². The van der Waals surface area contributed by atoms with Crippen molar-refractivity contribution in [3.05, 3.63) is 60.2 Å². The summed E-state index contributed by atoms with van der Waals surface area (Å²) in [6.45, 7) is 3.48. The lowest BCUT2D eigenvalue weighted by Crippen LogP contribution is -2.45. The van der Waals surface area contributed by atoms with Crippen LogP contribution in [-0.4, -0.2) is 38.3 Å². The number of rotatable bonds is 7. The number of sulfonamides is 1. The van der Waals surface area contributed by atoms with Crippen molar-refractivity contribution in [2.75, 3.05) is 19.7 Å². The molecule has 0 unspecified atom stereocenters. The molecule has 0 saturated carbocycles. The Labute approximate surface area is 166 Å². The van der Waals surface area contributed by atoms with Crippen molar-refractivity contribution in [2.45, 2.75) is 31.2 Å². The molecule has 1 N–H and O–H groups in total. The second-order valence-corrected chi connectivity index (χ2v) is 8.75. The molecule has 2 aromatic carbocycles. The van der Waals surface area contributed by atoms with Crippen LogP contribution in [0.1, 0.15) is 25.3 Å². The molecule has 1 aliphatic rings. The van der Waals surface area contributed by atoms with Crippen LogP contribution in [0.4, 0.5) is 0 Å². The zero-order chi connectivity index (χ0) is 20.0. The number of carbonyl (C=O) groups is 1. The number of nitrogens with one attached hydrogen (secondary N) is 1. The van der Waals surface area contributed by atoms with Crippen LogP contribution in [-0.2, 0) is 21.4 Å². The SMILES string of the molecule is CCOc1ccc(S(=O)(=O)N2CCC[C@@H](C(=O)NCc3ccccc3)C2)cc1. The molecule has 28 heavy (non-hydrogen) atoms. The molecular formula is C21H26N2O4S. The molecule has 1 amide bonds. The van der Waals surface area contributed by atoms with Crippen LogP contribution in [0.15, 0.2) is 59.5 Å². The summed E-state index contributed by atoms with van der Waals surface area (Å²) in [5, 5.41) is 2.92. The average Bonchev–Trinajstić information content (AvgIpc) is 2.73. The second-order valence-electron chi connectivity index (χ2n) is 6.81. The van der Waals surface area contributed by atoms with E-state index in [4.69, 9.17) is 4.74 Å². The van der Waals surface area contributed by atoms with E-state index >= 15 is 0 Å². The molecule has 0 spiro atoms. The first-order valence-corrected chi connectivity index (χ1v) is 11.0. The van der Waals surface area contributed by atoms with Gasteiger partial charge < -0.3 is 10.1 Å². The molecule has 3 rings (SSSR count). The molecule has 1 atom stereocenters. The number of hydrogen-bond donors (Lipinski definition) is 1. The van der Waals surface area contributed by atoms with Gasteiger partial charge in [0.1, 0.15) is 5.75 Å². The van der Waals surface area contributed by atoms with Crippen molar-refractivity contribution in [3.63, 3.8) is 0 Å². The van der Waals surface area contributed by atoms with Gasteiger partial charge in [0, 0.05) is 19.6 Å².